The second-order valence-electron chi connectivity index (χ2n) is 4.02. The van der Waals surface area contributed by atoms with E-state index < -0.39 is 16.0 Å². The lowest BCUT2D eigenvalue weighted by Crippen LogP contribution is -2.30. The van der Waals surface area contributed by atoms with Crippen molar-refractivity contribution in [2.24, 2.45) is 5.73 Å². The summed E-state index contributed by atoms with van der Waals surface area (Å²) >= 11 is 4.85. The summed E-state index contributed by atoms with van der Waals surface area (Å²) in [5.41, 5.74) is 6.52. The molecular weight excluding hydrogens is 300 g/mol. The molecule has 0 aliphatic carbocycles. The molecule has 0 amide bonds. The van der Waals surface area contributed by atoms with Gasteiger partial charge < -0.3 is 10.5 Å². The van der Waals surface area contributed by atoms with Crippen LogP contribution in [0.25, 0.3) is 0 Å². The lowest BCUT2D eigenvalue weighted by atomic mass is 10.2. The number of nitrogens with zero attached hydrogens (tertiary/aromatic N) is 1. The van der Waals surface area contributed by atoms with Crippen molar-refractivity contribution in [3.05, 3.63) is 29.8 Å². The Morgan fingerprint density at radius 3 is 2.65 bits per heavy atom. The number of carbonyl (C=O) groups excluding carboxylic acids is 1. The third-order valence-electron chi connectivity index (χ3n) is 2.70. The van der Waals surface area contributed by atoms with Crippen LogP contribution in [-0.2, 0) is 19.6 Å². The maximum Gasteiger partial charge on any atom is 0.306 e. The molecule has 1 rings (SSSR count). The smallest absolute Gasteiger partial charge is 0.306 e. The van der Waals surface area contributed by atoms with Crippen LogP contribution in [0.1, 0.15) is 12.0 Å². The molecular formula is C12H16N2O4S2. The minimum Gasteiger partial charge on any atom is -0.469 e. The average molecular weight is 316 g/mol. The van der Waals surface area contributed by atoms with E-state index in [0.717, 1.165) is 4.31 Å². The van der Waals surface area contributed by atoms with E-state index in [1.54, 1.807) is 24.3 Å². The molecule has 0 heterocycles. The third kappa shape index (κ3) is 4.17. The predicted octanol–water partition coefficient (Wildman–Crippen LogP) is 0.650. The highest BCUT2D eigenvalue weighted by atomic mass is 32.2. The van der Waals surface area contributed by atoms with E-state index in [9.17, 15) is 13.2 Å². The summed E-state index contributed by atoms with van der Waals surface area (Å²) in [6.07, 6.45) is -0.196. The number of hydrogen-bond acceptors (Lipinski definition) is 5. The Bertz CT molecular complexity index is 614. The third-order valence-corrected chi connectivity index (χ3v) is 4.70. The molecule has 110 valence electrons. The fourth-order valence-electron chi connectivity index (χ4n) is 1.47. The van der Waals surface area contributed by atoms with Gasteiger partial charge in [0.2, 0.25) is 10.0 Å². The molecule has 0 atom stereocenters. The summed E-state index contributed by atoms with van der Waals surface area (Å²) in [7, 11) is -0.992. The van der Waals surface area contributed by atoms with Crippen molar-refractivity contribution in [2.75, 3.05) is 24.2 Å². The molecule has 0 fully saturated rings. The summed E-state index contributed by atoms with van der Waals surface area (Å²) in [4.78, 5) is 11.2. The molecule has 0 saturated carbocycles. The highest BCUT2D eigenvalue weighted by Gasteiger charge is 2.20. The first-order valence-corrected chi connectivity index (χ1v) is 7.73. The zero-order chi connectivity index (χ0) is 15.3. The van der Waals surface area contributed by atoms with Gasteiger partial charge in [0.25, 0.3) is 0 Å². The summed E-state index contributed by atoms with van der Waals surface area (Å²) < 4.78 is 29.7. The summed E-state index contributed by atoms with van der Waals surface area (Å²) in [5.74, 6) is -0.896. The Kier molecular flexibility index (Phi) is 5.46. The van der Waals surface area contributed by atoms with Gasteiger partial charge in [-0.1, -0.05) is 24.4 Å². The number of methoxy groups -OCH3 is 1. The molecule has 0 aliphatic heterocycles. The summed E-state index contributed by atoms with van der Waals surface area (Å²) in [6.45, 7) is 0. The zero-order valence-electron chi connectivity index (χ0n) is 11.2. The molecule has 1 aromatic carbocycles. The number of rotatable bonds is 6. The van der Waals surface area contributed by atoms with Crippen LogP contribution in [0, 0.1) is 0 Å². The second-order valence-corrected chi connectivity index (χ2v) is 6.58. The monoisotopic (exact) mass is 316 g/mol. The van der Waals surface area contributed by atoms with Crippen LogP contribution in [0.2, 0.25) is 0 Å². The molecule has 6 nitrogen and oxygen atoms in total. The average Bonchev–Trinajstić information content (AvgIpc) is 2.44. The fourth-order valence-corrected chi connectivity index (χ4v) is 2.73. The normalized spacial score (nSPS) is 10.9. The maximum absolute atomic E-state index is 12.1. The molecule has 0 unspecified atom stereocenters. The predicted molar refractivity (Wildman–Crippen MR) is 81.2 cm³/mol. The van der Waals surface area contributed by atoms with E-state index in [2.05, 4.69) is 4.74 Å². The largest absolute Gasteiger partial charge is 0.469 e. The van der Waals surface area contributed by atoms with Crippen LogP contribution in [0.5, 0.6) is 0 Å². The van der Waals surface area contributed by atoms with E-state index in [0.29, 0.717) is 11.3 Å². The van der Waals surface area contributed by atoms with Gasteiger partial charge in [-0.3, -0.25) is 9.10 Å². The molecule has 0 aliphatic rings. The van der Waals surface area contributed by atoms with Crippen LogP contribution < -0.4 is 10.0 Å². The van der Waals surface area contributed by atoms with Crippen LogP contribution in [0.4, 0.5) is 5.69 Å². The van der Waals surface area contributed by atoms with Crippen molar-refractivity contribution in [2.45, 2.75) is 6.42 Å². The number of anilines is 1. The number of ether oxygens (including phenoxy) is 1. The molecule has 0 aromatic heterocycles. The first-order valence-electron chi connectivity index (χ1n) is 5.71. The maximum atomic E-state index is 12.1. The van der Waals surface area contributed by atoms with E-state index in [-0.39, 0.29) is 17.2 Å². The van der Waals surface area contributed by atoms with Crippen LogP contribution in [0.15, 0.2) is 24.3 Å². The second kappa shape index (κ2) is 6.67. The van der Waals surface area contributed by atoms with E-state index in [1.807, 2.05) is 0 Å². The Morgan fingerprint density at radius 2 is 2.10 bits per heavy atom. The summed E-state index contributed by atoms with van der Waals surface area (Å²) in [6, 6.07) is 6.56. The van der Waals surface area contributed by atoms with Crippen LogP contribution in [0.3, 0.4) is 0 Å². The Labute approximate surface area is 123 Å². The molecule has 20 heavy (non-hydrogen) atoms. The molecule has 0 radical (unpaired) electrons. The van der Waals surface area contributed by atoms with Crippen molar-refractivity contribution in [1.82, 2.24) is 0 Å². The lowest BCUT2D eigenvalue weighted by molar-refractivity contribution is -0.140. The molecule has 0 spiro atoms. The Morgan fingerprint density at radius 1 is 1.45 bits per heavy atom. The van der Waals surface area contributed by atoms with Gasteiger partial charge in [-0.05, 0) is 12.1 Å². The Balaban J connectivity index is 2.93. The van der Waals surface area contributed by atoms with Gasteiger partial charge in [0.1, 0.15) is 4.99 Å². The molecule has 0 saturated heterocycles. The van der Waals surface area contributed by atoms with Crippen molar-refractivity contribution < 1.29 is 17.9 Å². The number of esters is 1. The lowest BCUT2D eigenvalue weighted by Gasteiger charge is -2.19. The standard InChI is InChI=1S/C12H16N2O4S2/c1-14(20(16,17)7-6-11(15)18-2)10-5-3-4-9(8-10)12(13)19/h3-5,8H,6-7H2,1-2H3,(H2,13,19). The number of sulfonamides is 1. The van der Waals surface area contributed by atoms with E-state index >= 15 is 0 Å². The zero-order valence-corrected chi connectivity index (χ0v) is 12.8. The number of carbonyl (C=O) groups is 1. The van der Waals surface area contributed by atoms with E-state index in [4.69, 9.17) is 18.0 Å². The quantitative estimate of drug-likeness (QED) is 0.612. The Hall–Kier alpha value is -1.67. The SMILES string of the molecule is COC(=O)CCS(=O)(=O)N(C)c1cccc(C(N)=S)c1. The highest BCUT2D eigenvalue weighted by molar-refractivity contribution is 7.92. The van der Waals surface area contributed by atoms with Gasteiger partial charge in [0.15, 0.2) is 0 Å². The van der Waals surface area contributed by atoms with E-state index in [1.165, 1.54) is 14.2 Å². The van der Waals surface area contributed by atoms with Crippen molar-refractivity contribution in [1.29, 1.82) is 0 Å². The minimum atomic E-state index is -3.61. The molecule has 8 heteroatoms. The van der Waals surface area contributed by atoms with Gasteiger partial charge in [-0.25, -0.2) is 8.42 Å². The number of nitrogens with two attached hydrogens (primary N) is 1. The molecule has 2 N–H and O–H groups in total. The first-order chi connectivity index (χ1) is 9.27. The van der Waals surface area contributed by atoms with Crippen molar-refractivity contribution in [3.63, 3.8) is 0 Å². The van der Waals surface area contributed by atoms with Gasteiger partial charge in [0, 0.05) is 12.6 Å². The number of thiocarbonyl (C=S) groups is 1. The number of benzene rings is 1. The minimum absolute atomic E-state index is 0.187. The van der Waals surface area contributed by atoms with Crippen LogP contribution >= 0.6 is 12.2 Å². The molecule has 0 bridgehead atoms. The van der Waals surface area contributed by atoms with Gasteiger partial charge in [-0.15, -0.1) is 0 Å². The van der Waals surface area contributed by atoms with Crippen molar-refractivity contribution in [3.8, 4) is 0 Å². The topological polar surface area (TPSA) is 89.7 Å². The summed E-state index contributed by atoms with van der Waals surface area (Å²) in [5, 5.41) is 0. The highest BCUT2D eigenvalue weighted by Crippen LogP contribution is 2.18. The van der Waals surface area contributed by atoms with Gasteiger partial charge >= 0.3 is 5.97 Å². The van der Waals surface area contributed by atoms with Gasteiger partial charge in [0.05, 0.1) is 25.0 Å². The first kappa shape index (κ1) is 16.4. The van der Waals surface area contributed by atoms with Crippen LogP contribution in [-0.4, -0.2) is 39.3 Å². The molecule has 1 aromatic rings. The van der Waals surface area contributed by atoms with Gasteiger partial charge in [-0.2, -0.15) is 0 Å². The number of hydrogen-bond donors (Lipinski definition) is 1. The van der Waals surface area contributed by atoms with Crippen molar-refractivity contribution >= 4 is 38.9 Å². The fraction of sp³-hybridized carbons (Fsp3) is 0.333.